The number of carbonyl (C=O) groups is 2. The van der Waals surface area contributed by atoms with Crippen molar-refractivity contribution < 1.29 is 19.1 Å². The second-order valence-electron chi connectivity index (χ2n) is 10.4. The van der Waals surface area contributed by atoms with Crippen molar-refractivity contribution in [3.63, 3.8) is 0 Å². The lowest BCUT2D eigenvalue weighted by Gasteiger charge is -2.44. The fourth-order valence-corrected chi connectivity index (χ4v) is 5.03. The van der Waals surface area contributed by atoms with Crippen molar-refractivity contribution in [2.75, 3.05) is 46.9 Å². The molecule has 4 N–H and O–H groups in total. The minimum absolute atomic E-state index is 0.0164. The lowest BCUT2D eigenvalue weighted by atomic mass is 9.91. The summed E-state index contributed by atoms with van der Waals surface area (Å²) in [6.45, 7) is 9.12. The van der Waals surface area contributed by atoms with Crippen LogP contribution in [0.25, 0.3) is 0 Å². The first-order valence-electron chi connectivity index (χ1n) is 12.4. The SMILES string of the molecule is CNC(=O)C1CNC(N2CCCN(C(=O)OC(C)(C)C)CC2)NC1NC1CCCCC1OC. The molecule has 2 aliphatic heterocycles. The molecule has 33 heavy (non-hydrogen) atoms. The van der Waals surface area contributed by atoms with Crippen LogP contribution in [0.3, 0.4) is 0 Å². The molecule has 10 heteroatoms. The molecule has 2 heterocycles. The van der Waals surface area contributed by atoms with E-state index in [-0.39, 0.29) is 42.5 Å². The number of hydrogen-bond donors (Lipinski definition) is 4. The van der Waals surface area contributed by atoms with Crippen LogP contribution in [0.2, 0.25) is 0 Å². The van der Waals surface area contributed by atoms with Crippen LogP contribution in [0.1, 0.15) is 52.9 Å². The summed E-state index contributed by atoms with van der Waals surface area (Å²) in [6, 6.07) is 0.221. The highest BCUT2D eigenvalue weighted by atomic mass is 16.6. The quantitative estimate of drug-likeness (QED) is 0.466. The molecule has 3 aliphatic rings. The van der Waals surface area contributed by atoms with Gasteiger partial charge in [-0.15, -0.1) is 0 Å². The molecule has 10 nitrogen and oxygen atoms in total. The van der Waals surface area contributed by atoms with Gasteiger partial charge >= 0.3 is 6.09 Å². The van der Waals surface area contributed by atoms with Crippen LogP contribution in [0.4, 0.5) is 4.79 Å². The summed E-state index contributed by atoms with van der Waals surface area (Å²) in [6.07, 6.45) is 4.97. The molecule has 5 unspecified atom stereocenters. The van der Waals surface area contributed by atoms with E-state index in [0.717, 1.165) is 32.4 Å². The molecule has 0 aromatic heterocycles. The highest BCUT2D eigenvalue weighted by Gasteiger charge is 2.39. The van der Waals surface area contributed by atoms with Crippen molar-refractivity contribution in [2.24, 2.45) is 5.92 Å². The summed E-state index contributed by atoms with van der Waals surface area (Å²) in [5.74, 6) is -0.210. The van der Waals surface area contributed by atoms with Crippen molar-refractivity contribution in [3.05, 3.63) is 0 Å². The van der Waals surface area contributed by atoms with Crippen LogP contribution in [0.5, 0.6) is 0 Å². The molecule has 1 aliphatic carbocycles. The van der Waals surface area contributed by atoms with Crippen LogP contribution in [-0.2, 0) is 14.3 Å². The summed E-state index contributed by atoms with van der Waals surface area (Å²) in [4.78, 5) is 29.2. The lowest BCUT2D eigenvalue weighted by Crippen LogP contribution is -2.72. The second-order valence-corrected chi connectivity index (χ2v) is 10.4. The molecule has 0 spiro atoms. The van der Waals surface area contributed by atoms with Crippen molar-refractivity contribution in [1.82, 2.24) is 31.1 Å². The standard InChI is InChI=1S/C23H44N6O4/c1-23(2,3)33-22(31)29-12-8-11-28(13-14-29)21-25-15-16(20(30)24-4)19(27-21)26-17-9-6-7-10-18(17)32-5/h16-19,21,25-27H,6-15H2,1-5H3,(H,24,30). The van der Waals surface area contributed by atoms with E-state index in [4.69, 9.17) is 9.47 Å². The van der Waals surface area contributed by atoms with Crippen LogP contribution in [-0.4, -0.2) is 98.9 Å². The summed E-state index contributed by atoms with van der Waals surface area (Å²) in [7, 11) is 3.46. The average Bonchev–Trinajstić information content (AvgIpc) is 3.04. The molecule has 0 radical (unpaired) electrons. The second kappa shape index (κ2) is 11.8. The Hall–Kier alpha value is -1.46. The van der Waals surface area contributed by atoms with Crippen molar-refractivity contribution in [2.45, 2.75) is 83.1 Å². The van der Waals surface area contributed by atoms with E-state index in [0.29, 0.717) is 19.6 Å². The lowest BCUT2D eigenvalue weighted by molar-refractivity contribution is -0.127. The van der Waals surface area contributed by atoms with E-state index in [1.165, 1.54) is 12.8 Å². The van der Waals surface area contributed by atoms with E-state index in [9.17, 15) is 9.59 Å². The number of ether oxygens (including phenoxy) is 2. The number of hydrogen-bond acceptors (Lipinski definition) is 8. The van der Waals surface area contributed by atoms with Crippen molar-refractivity contribution in [1.29, 1.82) is 0 Å². The molecule has 3 rings (SSSR count). The van der Waals surface area contributed by atoms with Gasteiger partial charge in [0.15, 0.2) is 0 Å². The van der Waals surface area contributed by atoms with Crippen LogP contribution < -0.4 is 21.3 Å². The Morgan fingerprint density at radius 3 is 2.48 bits per heavy atom. The van der Waals surface area contributed by atoms with E-state index < -0.39 is 5.60 Å². The van der Waals surface area contributed by atoms with Crippen LogP contribution in [0, 0.1) is 5.92 Å². The first-order valence-corrected chi connectivity index (χ1v) is 12.4. The summed E-state index contributed by atoms with van der Waals surface area (Å²) < 4.78 is 11.3. The van der Waals surface area contributed by atoms with Gasteiger partial charge in [0.2, 0.25) is 5.91 Å². The third kappa shape index (κ3) is 7.26. The maximum absolute atomic E-state index is 12.6. The summed E-state index contributed by atoms with van der Waals surface area (Å²) >= 11 is 0. The highest BCUT2D eigenvalue weighted by molar-refractivity contribution is 5.79. The third-order valence-corrected chi connectivity index (χ3v) is 6.80. The van der Waals surface area contributed by atoms with Gasteiger partial charge in [0.1, 0.15) is 11.9 Å². The fraction of sp³-hybridized carbons (Fsp3) is 0.913. The molecular formula is C23H44N6O4. The predicted molar refractivity (Wildman–Crippen MR) is 126 cm³/mol. The maximum atomic E-state index is 12.6. The van der Waals surface area contributed by atoms with Gasteiger partial charge in [-0.2, -0.15) is 0 Å². The Bertz CT molecular complexity index is 657. The summed E-state index contributed by atoms with van der Waals surface area (Å²) in [5.41, 5.74) is -0.498. The Balaban J connectivity index is 1.62. The van der Waals surface area contributed by atoms with E-state index in [1.54, 1.807) is 19.1 Å². The Kier molecular flexibility index (Phi) is 9.34. The van der Waals surface area contributed by atoms with E-state index >= 15 is 0 Å². The van der Waals surface area contributed by atoms with Gasteiger partial charge in [0, 0.05) is 52.9 Å². The van der Waals surface area contributed by atoms with Gasteiger partial charge in [-0.05, 0) is 40.0 Å². The Morgan fingerprint density at radius 2 is 1.79 bits per heavy atom. The molecule has 0 aromatic rings. The zero-order valence-electron chi connectivity index (χ0n) is 21.0. The zero-order valence-corrected chi connectivity index (χ0v) is 21.0. The molecule has 5 atom stereocenters. The molecule has 0 bridgehead atoms. The largest absolute Gasteiger partial charge is 0.444 e. The number of amides is 2. The smallest absolute Gasteiger partial charge is 0.410 e. The van der Waals surface area contributed by atoms with Crippen molar-refractivity contribution in [3.8, 4) is 0 Å². The molecule has 1 saturated carbocycles. The molecule has 3 fully saturated rings. The third-order valence-electron chi connectivity index (χ3n) is 6.80. The van der Waals surface area contributed by atoms with E-state index in [2.05, 4.69) is 26.2 Å². The van der Waals surface area contributed by atoms with Crippen LogP contribution in [0.15, 0.2) is 0 Å². The number of nitrogens with one attached hydrogen (secondary N) is 4. The molecule has 0 aromatic carbocycles. The molecule has 2 saturated heterocycles. The monoisotopic (exact) mass is 468 g/mol. The van der Waals surface area contributed by atoms with Gasteiger partial charge in [-0.3, -0.25) is 25.6 Å². The fourth-order valence-electron chi connectivity index (χ4n) is 5.03. The normalized spacial score (nSPS) is 32.2. The molecule has 2 amide bonds. The van der Waals surface area contributed by atoms with Gasteiger partial charge in [0.05, 0.1) is 18.2 Å². The predicted octanol–water partition coefficient (Wildman–Crippen LogP) is 0.641. The van der Waals surface area contributed by atoms with E-state index in [1.807, 2.05) is 20.8 Å². The number of carbonyl (C=O) groups excluding carboxylic acids is 2. The van der Waals surface area contributed by atoms with Gasteiger partial charge in [-0.25, -0.2) is 4.79 Å². The molecule has 190 valence electrons. The van der Waals surface area contributed by atoms with Crippen molar-refractivity contribution >= 4 is 12.0 Å². The van der Waals surface area contributed by atoms with Gasteiger partial charge < -0.3 is 19.7 Å². The van der Waals surface area contributed by atoms with Gasteiger partial charge in [-0.1, -0.05) is 12.8 Å². The number of rotatable bonds is 5. The number of nitrogens with zero attached hydrogens (tertiary/aromatic N) is 2. The first-order chi connectivity index (χ1) is 15.7. The Labute approximate surface area is 198 Å². The van der Waals surface area contributed by atoms with Crippen LogP contribution >= 0.6 is 0 Å². The minimum Gasteiger partial charge on any atom is -0.444 e. The number of methoxy groups -OCH3 is 1. The first kappa shape index (κ1) is 26.2. The minimum atomic E-state index is -0.498. The molecular weight excluding hydrogens is 424 g/mol. The topological polar surface area (TPSA) is 107 Å². The Morgan fingerprint density at radius 1 is 1.03 bits per heavy atom. The highest BCUT2D eigenvalue weighted by Crippen LogP contribution is 2.23. The maximum Gasteiger partial charge on any atom is 0.410 e. The summed E-state index contributed by atoms with van der Waals surface area (Å²) in [5, 5.41) is 13.7. The average molecular weight is 469 g/mol. The van der Waals surface area contributed by atoms with Gasteiger partial charge in [0.25, 0.3) is 0 Å². The zero-order chi connectivity index (χ0) is 24.0.